The summed E-state index contributed by atoms with van der Waals surface area (Å²) in [7, 11) is 0. The van der Waals surface area contributed by atoms with Gasteiger partial charge in [0.05, 0.1) is 18.9 Å². The number of hydrogen-bond donors (Lipinski definition) is 3. The number of ether oxygens (including phenoxy) is 1. The number of guanidine groups is 1. The van der Waals surface area contributed by atoms with Crippen molar-refractivity contribution in [2.24, 2.45) is 10.7 Å². The summed E-state index contributed by atoms with van der Waals surface area (Å²) in [5.74, 6) is 2.62. The number of piperidine rings is 1. The minimum absolute atomic E-state index is 0. The van der Waals surface area contributed by atoms with Crippen LogP contribution in [0, 0.1) is 0 Å². The Balaban J connectivity index is 0.00000272. The van der Waals surface area contributed by atoms with Crippen molar-refractivity contribution in [2.45, 2.75) is 37.8 Å². The summed E-state index contributed by atoms with van der Waals surface area (Å²) in [6.45, 7) is 2.61. The fourth-order valence-electron chi connectivity index (χ4n) is 3.96. The van der Waals surface area contributed by atoms with Crippen LogP contribution in [-0.4, -0.2) is 49.2 Å². The monoisotopic (exact) mass is 539 g/mol. The zero-order valence-electron chi connectivity index (χ0n) is 17.5. The van der Waals surface area contributed by atoms with E-state index in [1.165, 1.54) is 0 Å². The number of nitrogens with two attached hydrogens (primary N) is 1. The fraction of sp³-hybridized carbons (Fsp3) is 0.455. The van der Waals surface area contributed by atoms with Crippen LogP contribution in [0.1, 0.15) is 36.6 Å². The van der Waals surface area contributed by atoms with Crippen molar-refractivity contribution in [3.63, 3.8) is 0 Å². The molecule has 2 aromatic rings. The molecule has 0 spiro atoms. The smallest absolute Gasteiger partial charge is 0.314 e. The number of aliphatic imine (C=N–C) groups is 1. The van der Waals surface area contributed by atoms with Gasteiger partial charge in [0.15, 0.2) is 5.96 Å². The molecular weight excluding hydrogens is 509 g/mol. The van der Waals surface area contributed by atoms with E-state index in [0.717, 1.165) is 48.7 Å². The normalized spacial score (nSPS) is 19.0. The van der Waals surface area contributed by atoms with Gasteiger partial charge in [0.25, 0.3) is 0 Å². The van der Waals surface area contributed by atoms with E-state index in [4.69, 9.17) is 19.9 Å². The minimum Gasteiger partial charge on any atom is -0.493 e. The number of halogens is 1. The van der Waals surface area contributed by atoms with Crippen LogP contribution in [-0.2, 0) is 6.42 Å². The highest BCUT2D eigenvalue weighted by Gasteiger charge is 2.25. The van der Waals surface area contributed by atoms with E-state index in [2.05, 4.69) is 16.7 Å². The first kappa shape index (κ1) is 23.2. The topological polar surface area (TPSA) is 105 Å². The van der Waals surface area contributed by atoms with Crippen LogP contribution in [0.5, 0.6) is 5.75 Å². The number of nitrogens with zero attached hydrogens (tertiary/aromatic N) is 2. The van der Waals surface area contributed by atoms with Gasteiger partial charge in [-0.25, -0.2) is 4.79 Å². The summed E-state index contributed by atoms with van der Waals surface area (Å²) < 4.78 is 11.2. The van der Waals surface area contributed by atoms with Crippen LogP contribution in [0.25, 0.3) is 0 Å². The highest BCUT2D eigenvalue weighted by atomic mass is 127. The Labute approximate surface area is 199 Å². The molecule has 2 amide bonds. The van der Waals surface area contributed by atoms with E-state index < -0.39 is 0 Å². The van der Waals surface area contributed by atoms with Crippen molar-refractivity contribution in [3.05, 3.63) is 54.0 Å². The van der Waals surface area contributed by atoms with Crippen molar-refractivity contribution < 1.29 is 13.9 Å². The molecule has 2 aliphatic rings. The second kappa shape index (κ2) is 11.3. The molecular formula is C22H30IN5O3. The summed E-state index contributed by atoms with van der Waals surface area (Å²) >= 11 is 0. The summed E-state index contributed by atoms with van der Waals surface area (Å²) in [5, 5.41) is 7.16. The number of carbonyl (C=O) groups excluding carboxylic acids is 1. The van der Waals surface area contributed by atoms with Gasteiger partial charge in [0, 0.05) is 44.1 Å². The van der Waals surface area contributed by atoms with E-state index >= 15 is 0 Å². The molecule has 4 rings (SSSR count). The lowest BCUT2D eigenvalue weighted by molar-refractivity contribution is 0.188. The first-order valence-electron chi connectivity index (χ1n) is 10.5. The fourth-order valence-corrected chi connectivity index (χ4v) is 3.96. The summed E-state index contributed by atoms with van der Waals surface area (Å²) in [5.41, 5.74) is 6.55. The Kier molecular flexibility index (Phi) is 8.44. The highest BCUT2D eigenvalue weighted by Crippen LogP contribution is 2.31. The van der Waals surface area contributed by atoms with E-state index in [0.29, 0.717) is 26.2 Å². The van der Waals surface area contributed by atoms with Crippen molar-refractivity contribution in [3.8, 4) is 5.75 Å². The molecule has 1 atom stereocenters. The largest absolute Gasteiger partial charge is 0.493 e. The Hall–Kier alpha value is -2.43. The van der Waals surface area contributed by atoms with Gasteiger partial charge in [-0.05, 0) is 31.0 Å². The van der Waals surface area contributed by atoms with Gasteiger partial charge >= 0.3 is 6.03 Å². The predicted molar refractivity (Wildman–Crippen MR) is 130 cm³/mol. The van der Waals surface area contributed by atoms with Crippen molar-refractivity contribution in [2.75, 3.05) is 26.2 Å². The molecule has 0 saturated carbocycles. The number of benzene rings is 1. The molecule has 0 bridgehead atoms. The van der Waals surface area contributed by atoms with Crippen LogP contribution >= 0.6 is 24.0 Å². The second-order valence-corrected chi connectivity index (χ2v) is 7.68. The number of likely N-dealkylation sites (tertiary alicyclic amines) is 1. The van der Waals surface area contributed by atoms with Gasteiger partial charge in [0.1, 0.15) is 11.5 Å². The Morgan fingerprint density at radius 2 is 1.94 bits per heavy atom. The quantitative estimate of drug-likeness (QED) is 0.308. The van der Waals surface area contributed by atoms with E-state index in [9.17, 15) is 4.79 Å². The molecule has 4 N–H and O–H groups in total. The maximum absolute atomic E-state index is 11.4. The molecule has 1 fully saturated rings. The average Bonchev–Trinajstić information content (AvgIpc) is 3.28. The lowest BCUT2D eigenvalue weighted by atomic mass is 10.0. The van der Waals surface area contributed by atoms with Crippen molar-refractivity contribution in [1.29, 1.82) is 0 Å². The Morgan fingerprint density at radius 3 is 2.68 bits per heavy atom. The molecule has 2 aliphatic heterocycles. The maximum atomic E-state index is 11.4. The van der Waals surface area contributed by atoms with Crippen LogP contribution in [0.2, 0.25) is 0 Å². The standard InChI is InChI=1S/C22H29N5O3.HI/c23-21(28)27-12-8-16(9-13-27)25-22(24-11-7-17-4-3-14-29-17)26-19-10-15-30-20-6-2-1-5-18(19)20;/h1-6,14,16,19H,7-13,15H2,(H2,23,28)(H2,24,25,26);1H. The summed E-state index contributed by atoms with van der Waals surface area (Å²) in [6.07, 6.45) is 4.97. The number of urea groups is 1. The van der Waals surface area contributed by atoms with Gasteiger partial charge < -0.3 is 30.4 Å². The third kappa shape index (κ3) is 6.28. The second-order valence-electron chi connectivity index (χ2n) is 7.68. The maximum Gasteiger partial charge on any atom is 0.314 e. The number of fused-ring (bicyclic) bond motifs is 1. The van der Waals surface area contributed by atoms with E-state index in [-0.39, 0.29) is 42.1 Å². The number of primary amides is 1. The molecule has 0 aliphatic carbocycles. The molecule has 1 saturated heterocycles. The summed E-state index contributed by atoms with van der Waals surface area (Å²) in [4.78, 5) is 17.9. The lowest BCUT2D eigenvalue weighted by Crippen LogP contribution is -2.51. The molecule has 1 aromatic carbocycles. The third-order valence-corrected chi connectivity index (χ3v) is 5.63. The molecule has 3 heterocycles. The SMILES string of the molecule is I.NC(=O)N1CCC(NC(=NCCc2ccco2)NC2CCOc3ccccc32)CC1. The molecule has 168 valence electrons. The third-order valence-electron chi connectivity index (χ3n) is 5.63. The van der Waals surface area contributed by atoms with Crippen molar-refractivity contribution in [1.82, 2.24) is 15.5 Å². The molecule has 1 aromatic heterocycles. The van der Waals surface area contributed by atoms with Gasteiger partial charge in [-0.3, -0.25) is 4.99 Å². The number of carbonyl (C=O) groups is 1. The predicted octanol–water partition coefficient (Wildman–Crippen LogP) is 3.04. The molecule has 1 unspecified atom stereocenters. The van der Waals surface area contributed by atoms with Gasteiger partial charge in [-0.2, -0.15) is 0 Å². The molecule has 0 radical (unpaired) electrons. The number of furan rings is 1. The molecule has 9 heteroatoms. The molecule has 31 heavy (non-hydrogen) atoms. The number of para-hydroxylation sites is 1. The van der Waals surface area contributed by atoms with Crippen LogP contribution < -0.4 is 21.1 Å². The average molecular weight is 539 g/mol. The number of hydrogen-bond acceptors (Lipinski definition) is 4. The first-order valence-corrected chi connectivity index (χ1v) is 10.5. The van der Waals surface area contributed by atoms with E-state index in [1.807, 2.05) is 30.3 Å². The number of rotatable bonds is 5. The Bertz CT molecular complexity index is 866. The Morgan fingerprint density at radius 1 is 1.13 bits per heavy atom. The van der Waals surface area contributed by atoms with Gasteiger partial charge in [-0.1, -0.05) is 18.2 Å². The van der Waals surface area contributed by atoms with Gasteiger partial charge in [-0.15, -0.1) is 24.0 Å². The van der Waals surface area contributed by atoms with Crippen LogP contribution in [0.4, 0.5) is 4.79 Å². The number of nitrogens with one attached hydrogen (secondary N) is 2. The van der Waals surface area contributed by atoms with Gasteiger partial charge in [0.2, 0.25) is 0 Å². The summed E-state index contributed by atoms with van der Waals surface area (Å²) in [6, 6.07) is 12.0. The minimum atomic E-state index is -0.349. The zero-order chi connectivity index (χ0) is 20.8. The lowest BCUT2D eigenvalue weighted by Gasteiger charge is -2.33. The highest BCUT2D eigenvalue weighted by molar-refractivity contribution is 14.0. The van der Waals surface area contributed by atoms with Crippen LogP contribution in [0.3, 0.4) is 0 Å². The zero-order valence-corrected chi connectivity index (χ0v) is 19.8. The first-order chi connectivity index (χ1) is 14.7. The number of amides is 2. The van der Waals surface area contributed by atoms with E-state index in [1.54, 1.807) is 11.2 Å². The van der Waals surface area contributed by atoms with Crippen molar-refractivity contribution >= 4 is 36.0 Å². The molecule has 8 nitrogen and oxygen atoms in total. The van der Waals surface area contributed by atoms with Crippen LogP contribution in [0.15, 0.2) is 52.1 Å².